The van der Waals surface area contributed by atoms with E-state index in [-0.39, 0.29) is 58.7 Å². The summed E-state index contributed by atoms with van der Waals surface area (Å²) in [5.41, 5.74) is 1.82. The highest BCUT2D eigenvalue weighted by Gasteiger charge is 2.64. The summed E-state index contributed by atoms with van der Waals surface area (Å²) in [4.78, 5) is 48.4. The Hall–Kier alpha value is -2.64. The highest BCUT2D eigenvalue weighted by atomic mass is 16.6. The van der Waals surface area contributed by atoms with E-state index in [1.54, 1.807) is 13.0 Å². The fourth-order valence-electron chi connectivity index (χ4n) is 9.67. The largest absolute Gasteiger partial charge is 0.478 e. The molecule has 0 bridgehead atoms. The summed E-state index contributed by atoms with van der Waals surface area (Å²) in [6.45, 7) is 15.6. The summed E-state index contributed by atoms with van der Waals surface area (Å²) in [7, 11) is 0. The molecule has 8 heteroatoms. The van der Waals surface area contributed by atoms with Crippen molar-refractivity contribution in [3.8, 4) is 0 Å². The lowest BCUT2D eigenvalue weighted by atomic mass is 9.46. The Morgan fingerprint density at radius 1 is 0.976 bits per heavy atom. The second-order valence-electron chi connectivity index (χ2n) is 14.4. The van der Waals surface area contributed by atoms with E-state index < -0.39 is 23.1 Å². The third kappa shape index (κ3) is 5.43. The monoisotopic (exact) mass is 586 g/mol. The van der Waals surface area contributed by atoms with Crippen molar-refractivity contribution in [2.24, 2.45) is 34.0 Å². The first-order valence-corrected chi connectivity index (χ1v) is 15.6. The van der Waals surface area contributed by atoms with Crippen molar-refractivity contribution in [1.29, 1.82) is 0 Å². The Morgan fingerprint density at radius 3 is 2.29 bits per heavy atom. The number of carbonyl (C=O) groups is 4. The van der Waals surface area contributed by atoms with Gasteiger partial charge in [0, 0.05) is 43.6 Å². The number of fused-ring (bicyclic) bond motifs is 4. The van der Waals surface area contributed by atoms with Crippen LogP contribution in [-0.4, -0.2) is 47.3 Å². The number of hydrogen-bond donors (Lipinski definition) is 1. The van der Waals surface area contributed by atoms with Gasteiger partial charge in [0.15, 0.2) is 0 Å². The van der Waals surface area contributed by atoms with E-state index in [9.17, 15) is 24.3 Å². The standard InChI is InChI=1S/C34H50O8/c1-20(30(38)39)9-11-27(41-23(4)36)21(2)24-13-16-33(8)25-10-12-28-31(5,6)42-29(37)15-18-34(28,19-40-22(3)35)26(25)14-17-32(24,33)7/h9,21,24,27-28H,10-19H2,1-8H3,(H,38,39)/b20-9-/t21-,24+,27-,28-,32+,33-,34-/m0/s1. The van der Waals surface area contributed by atoms with Gasteiger partial charge in [0.25, 0.3) is 0 Å². The maximum atomic E-state index is 12.8. The fraction of sp³-hybridized carbons (Fsp3) is 0.765. The molecule has 2 fully saturated rings. The van der Waals surface area contributed by atoms with Gasteiger partial charge in [-0.3, -0.25) is 14.4 Å². The zero-order valence-corrected chi connectivity index (χ0v) is 26.8. The van der Waals surface area contributed by atoms with Crippen molar-refractivity contribution in [1.82, 2.24) is 0 Å². The summed E-state index contributed by atoms with van der Waals surface area (Å²) in [5, 5.41) is 9.37. The number of aliphatic carboxylic acids is 1. The molecule has 4 rings (SSSR count). The quantitative estimate of drug-likeness (QED) is 0.147. The molecular weight excluding hydrogens is 536 g/mol. The molecule has 0 radical (unpaired) electrons. The molecule has 0 unspecified atom stereocenters. The highest BCUT2D eigenvalue weighted by Crippen LogP contribution is 2.71. The van der Waals surface area contributed by atoms with Crippen LogP contribution in [0.3, 0.4) is 0 Å². The summed E-state index contributed by atoms with van der Waals surface area (Å²) < 4.78 is 17.6. The first-order valence-electron chi connectivity index (χ1n) is 15.6. The van der Waals surface area contributed by atoms with Crippen molar-refractivity contribution in [3.05, 3.63) is 22.8 Å². The number of esters is 3. The van der Waals surface area contributed by atoms with Crippen LogP contribution in [0.2, 0.25) is 0 Å². The molecule has 3 aliphatic carbocycles. The Labute approximate surface area is 250 Å². The average molecular weight is 587 g/mol. The molecule has 8 nitrogen and oxygen atoms in total. The zero-order valence-electron chi connectivity index (χ0n) is 26.8. The maximum absolute atomic E-state index is 12.8. The van der Waals surface area contributed by atoms with Crippen molar-refractivity contribution in [2.75, 3.05) is 6.61 Å². The van der Waals surface area contributed by atoms with E-state index in [0.717, 1.165) is 38.5 Å². The summed E-state index contributed by atoms with van der Waals surface area (Å²) in [5.74, 6) is -1.46. The second-order valence-corrected chi connectivity index (χ2v) is 14.4. The molecule has 0 aromatic rings. The SMILES string of the molecule is CC(=O)OC[C@]12CCC(=O)OC(C)(C)[C@@H]1CCC1=C2CC[C@]2(C)[C@@H]([C@H](C)[C@H](C/C=C(/C)C(=O)O)OC(C)=O)CC[C@@]12C. The van der Waals surface area contributed by atoms with E-state index in [4.69, 9.17) is 14.2 Å². The van der Waals surface area contributed by atoms with Gasteiger partial charge in [0.1, 0.15) is 18.3 Å². The molecule has 1 saturated carbocycles. The lowest BCUT2D eigenvalue weighted by Gasteiger charge is -2.59. The van der Waals surface area contributed by atoms with Gasteiger partial charge in [0.2, 0.25) is 0 Å². The van der Waals surface area contributed by atoms with Crippen LogP contribution in [0.25, 0.3) is 0 Å². The average Bonchev–Trinajstić information content (AvgIpc) is 3.12. The highest BCUT2D eigenvalue weighted by molar-refractivity contribution is 5.85. The van der Waals surface area contributed by atoms with Crippen LogP contribution in [0.1, 0.15) is 113 Å². The van der Waals surface area contributed by atoms with Crippen LogP contribution >= 0.6 is 0 Å². The van der Waals surface area contributed by atoms with Crippen LogP contribution in [0, 0.1) is 34.0 Å². The molecule has 0 amide bonds. The number of allylic oxidation sites excluding steroid dienone is 1. The third-order valence-electron chi connectivity index (χ3n) is 12.0. The Morgan fingerprint density at radius 2 is 1.67 bits per heavy atom. The van der Waals surface area contributed by atoms with E-state index >= 15 is 0 Å². The number of carbonyl (C=O) groups excluding carboxylic acids is 3. The minimum atomic E-state index is -0.969. The second kappa shape index (κ2) is 11.5. The number of cyclic esters (lactones) is 1. The lowest BCUT2D eigenvalue weighted by molar-refractivity contribution is -0.165. The summed E-state index contributed by atoms with van der Waals surface area (Å²) in [6, 6.07) is 0. The Bertz CT molecular complexity index is 1200. The van der Waals surface area contributed by atoms with Gasteiger partial charge in [-0.25, -0.2) is 4.79 Å². The number of carboxylic acid groups (broad SMARTS) is 1. The number of ether oxygens (including phenoxy) is 3. The molecule has 0 aromatic heterocycles. The molecular formula is C34H50O8. The van der Waals surface area contributed by atoms with Gasteiger partial charge in [-0.2, -0.15) is 0 Å². The fourth-order valence-corrected chi connectivity index (χ4v) is 9.67. The number of rotatable bonds is 8. The van der Waals surface area contributed by atoms with Gasteiger partial charge in [-0.1, -0.05) is 38.0 Å². The molecule has 1 N–H and O–H groups in total. The molecule has 234 valence electrons. The molecule has 0 spiro atoms. The normalized spacial score (nSPS) is 35.5. The summed E-state index contributed by atoms with van der Waals surface area (Å²) >= 11 is 0. The van der Waals surface area contributed by atoms with Crippen molar-refractivity contribution < 1.29 is 38.5 Å². The molecule has 1 aliphatic heterocycles. The van der Waals surface area contributed by atoms with Crippen molar-refractivity contribution >= 4 is 23.9 Å². The van der Waals surface area contributed by atoms with Crippen LogP contribution in [0.15, 0.2) is 22.8 Å². The first-order chi connectivity index (χ1) is 19.5. The molecule has 0 aromatic carbocycles. The van der Waals surface area contributed by atoms with Gasteiger partial charge in [-0.15, -0.1) is 0 Å². The predicted molar refractivity (Wildman–Crippen MR) is 157 cm³/mol. The van der Waals surface area contributed by atoms with Gasteiger partial charge in [-0.05, 0) is 88.4 Å². The molecule has 1 heterocycles. The lowest BCUT2D eigenvalue weighted by Crippen LogP contribution is -2.54. The maximum Gasteiger partial charge on any atom is 0.330 e. The molecule has 7 atom stereocenters. The van der Waals surface area contributed by atoms with Crippen LogP contribution in [0.4, 0.5) is 0 Å². The Balaban J connectivity index is 1.75. The molecule has 42 heavy (non-hydrogen) atoms. The van der Waals surface area contributed by atoms with E-state index in [0.29, 0.717) is 19.3 Å². The van der Waals surface area contributed by atoms with E-state index in [1.807, 2.05) is 13.8 Å². The molecule has 1 saturated heterocycles. The number of carboxylic acids is 1. The van der Waals surface area contributed by atoms with Crippen molar-refractivity contribution in [3.63, 3.8) is 0 Å². The van der Waals surface area contributed by atoms with Crippen LogP contribution in [-0.2, 0) is 33.4 Å². The third-order valence-corrected chi connectivity index (χ3v) is 12.0. The minimum absolute atomic E-state index is 0.0369. The smallest absolute Gasteiger partial charge is 0.330 e. The van der Waals surface area contributed by atoms with Crippen molar-refractivity contribution in [2.45, 2.75) is 125 Å². The summed E-state index contributed by atoms with van der Waals surface area (Å²) in [6.07, 6.45) is 8.12. The topological polar surface area (TPSA) is 116 Å². The zero-order chi connectivity index (χ0) is 31.3. The van der Waals surface area contributed by atoms with E-state index in [1.165, 1.54) is 25.0 Å². The minimum Gasteiger partial charge on any atom is -0.478 e. The van der Waals surface area contributed by atoms with Crippen LogP contribution < -0.4 is 0 Å². The number of hydrogen-bond acceptors (Lipinski definition) is 7. The van der Waals surface area contributed by atoms with E-state index in [2.05, 4.69) is 20.8 Å². The Kier molecular flexibility index (Phi) is 8.81. The van der Waals surface area contributed by atoms with Gasteiger partial charge in [0.05, 0.1) is 0 Å². The van der Waals surface area contributed by atoms with Gasteiger partial charge >= 0.3 is 23.9 Å². The molecule has 4 aliphatic rings. The van der Waals surface area contributed by atoms with Crippen LogP contribution in [0.5, 0.6) is 0 Å². The van der Waals surface area contributed by atoms with Gasteiger partial charge < -0.3 is 19.3 Å². The predicted octanol–water partition coefficient (Wildman–Crippen LogP) is 6.56. The first kappa shape index (κ1) is 32.3.